The van der Waals surface area contributed by atoms with Crippen molar-refractivity contribution in [1.29, 1.82) is 0 Å². The molecule has 1 saturated heterocycles. The van der Waals surface area contributed by atoms with Crippen LogP contribution in [-0.4, -0.2) is 35.0 Å². The Morgan fingerprint density at radius 1 is 1.53 bits per heavy atom. The van der Waals surface area contributed by atoms with Gasteiger partial charge in [0.2, 0.25) is 0 Å². The first-order valence-corrected chi connectivity index (χ1v) is 4.71. The standard InChI is InChI=1S/C10H11NO4/c12-9(13)4-7-5-11(6-7)10(14)8-2-1-3-15-8/h1-3,7H,4-6H2,(H,12,13). The topological polar surface area (TPSA) is 70.8 Å². The molecule has 1 aliphatic rings. The summed E-state index contributed by atoms with van der Waals surface area (Å²) in [5.41, 5.74) is 0. The first-order valence-electron chi connectivity index (χ1n) is 4.71. The number of carbonyl (C=O) groups is 2. The van der Waals surface area contributed by atoms with Gasteiger partial charge in [0.05, 0.1) is 12.7 Å². The molecule has 0 radical (unpaired) electrons. The molecule has 1 aromatic heterocycles. The van der Waals surface area contributed by atoms with E-state index in [0.717, 1.165) is 0 Å². The average molecular weight is 209 g/mol. The van der Waals surface area contributed by atoms with Gasteiger partial charge in [-0.25, -0.2) is 0 Å². The van der Waals surface area contributed by atoms with Crippen molar-refractivity contribution in [2.45, 2.75) is 6.42 Å². The smallest absolute Gasteiger partial charge is 0.303 e. The van der Waals surface area contributed by atoms with Gasteiger partial charge in [-0.15, -0.1) is 0 Å². The molecule has 0 bridgehead atoms. The molecule has 1 aliphatic heterocycles. The molecule has 0 aromatic carbocycles. The number of carboxylic acids is 1. The molecule has 1 N–H and O–H groups in total. The van der Waals surface area contributed by atoms with Crippen molar-refractivity contribution in [3.05, 3.63) is 24.2 Å². The van der Waals surface area contributed by atoms with Crippen LogP contribution in [0.5, 0.6) is 0 Å². The molecule has 2 rings (SSSR count). The second-order valence-corrected chi connectivity index (χ2v) is 3.65. The summed E-state index contributed by atoms with van der Waals surface area (Å²) in [6, 6.07) is 3.26. The number of hydrogen-bond donors (Lipinski definition) is 1. The number of hydrogen-bond acceptors (Lipinski definition) is 3. The Bertz CT molecular complexity index is 365. The Morgan fingerprint density at radius 2 is 2.27 bits per heavy atom. The first kappa shape index (κ1) is 9.76. The van der Waals surface area contributed by atoms with E-state index in [1.807, 2.05) is 0 Å². The Morgan fingerprint density at radius 3 is 2.80 bits per heavy atom. The highest BCUT2D eigenvalue weighted by atomic mass is 16.4. The summed E-state index contributed by atoms with van der Waals surface area (Å²) in [4.78, 5) is 23.6. The molecule has 5 nitrogen and oxygen atoms in total. The largest absolute Gasteiger partial charge is 0.481 e. The van der Waals surface area contributed by atoms with Gasteiger partial charge in [-0.2, -0.15) is 0 Å². The molecule has 1 fully saturated rings. The number of carbonyl (C=O) groups excluding carboxylic acids is 1. The molecule has 1 aromatic rings. The third-order valence-electron chi connectivity index (χ3n) is 2.44. The maximum Gasteiger partial charge on any atom is 0.303 e. The second kappa shape index (κ2) is 3.76. The minimum Gasteiger partial charge on any atom is -0.481 e. The van der Waals surface area contributed by atoms with Crippen molar-refractivity contribution in [3.63, 3.8) is 0 Å². The zero-order chi connectivity index (χ0) is 10.8. The highest BCUT2D eigenvalue weighted by Gasteiger charge is 2.33. The van der Waals surface area contributed by atoms with E-state index in [0.29, 0.717) is 18.8 Å². The third-order valence-corrected chi connectivity index (χ3v) is 2.44. The van der Waals surface area contributed by atoms with E-state index in [9.17, 15) is 9.59 Å². The summed E-state index contributed by atoms with van der Waals surface area (Å²) >= 11 is 0. The lowest BCUT2D eigenvalue weighted by Crippen LogP contribution is -2.50. The van der Waals surface area contributed by atoms with Crippen LogP contribution >= 0.6 is 0 Å². The monoisotopic (exact) mass is 209 g/mol. The summed E-state index contributed by atoms with van der Waals surface area (Å²) in [7, 11) is 0. The Hall–Kier alpha value is -1.78. The van der Waals surface area contributed by atoms with Crippen LogP contribution in [0.2, 0.25) is 0 Å². The molecule has 0 saturated carbocycles. The maximum atomic E-state index is 11.6. The summed E-state index contributed by atoms with van der Waals surface area (Å²) < 4.78 is 4.96. The van der Waals surface area contributed by atoms with E-state index >= 15 is 0 Å². The number of amides is 1. The van der Waals surface area contributed by atoms with E-state index in [1.54, 1.807) is 17.0 Å². The SMILES string of the molecule is O=C(O)CC1CN(C(=O)c2ccco2)C1. The molecule has 0 unspecified atom stereocenters. The third kappa shape index (κ3) is 2.01. The fourth-order valence-electron chi connectivity index (χ4n) is 1.67. The van der Waals surface area contributed by atoms with Gasteiger partial charge in [-0.3, -0.25) is 9.59 Å². The highest BCUT2D eigenvalue weighted by molar-refractivity contribution is 5.92. The van der Waals surface area contributed by atoms with Crippen LogP contribution in [0.4, 0.5) is 0 Å². The summed E-state index contributed by atoms with van der Waals surface area (Å²) in [6.07, 6.45) is 1.57. The van der Waals surface area contributed by atoms with Crippen LogP contribution in [-0.2, 0) is 4.79 Å². The van der Waals surface area contributed by atoms with Crippen molar-refractivity contribution >= 4 is 11.9 Å². The molecular weight excluding hydrogens is 198 g/mol. The van der Waals surface area contributed by atoms with Gasteiger partial charge in [0.15, 0.2) is 5.76 Å². The Labute approximate surface area is 86.3 Å². The number of furan rings is 1. The summed E-state index contributed by atoms with van der Waals surface area (Å²) in [5.74, 6) is -0.586. The summed E-state index contributed by atoms with van der Waals surface area (Å²) in [5, 5.41) is 8.54. The highest BCUT2D eigenvalue weighted by Crippen LogP contribution is 2.21. The number of carboxylic acid groups (broad SMARTS) is 1. The van der Waals surface area contributed by atoms with Gasteiger partial charge in [-0.1, -0.05) is 0 Å². The van der Waals surface area contributed by atoms with E-state index in [2.05, 4.69) is 0 Å². The van der Waals surface area contributed by atoms with Gasteiger partial charge < -0.3 is 14.4 Å². The fourth-order valence-corrected chi connectivity index (χ4v) is 1.67. The summed E-state index contributed by atoms with van der Waals surface area (Å²) in [6.45, 7) is 1.01. The lowest BCUT2D eigenvalue weighted by atomic mass is 9.96. The van der Waals surface area contributed by atoms with Gasteiger partial charge in [0, 0.05) is 19.0 Å². The van der Waals surface area contributed by atoms with E-state index in [1.165, 1.54) is 6.26 Å². The number of rotatable bonds is 3. The quantitative estimate of drug-likeness (QED) is 0.800. The van der Waals surface area contributed by atoms with E-state index in [4.69, 9.17) is 9.52 Å². The van der Waals surface area contributed by atoms with Crippen LogP contribution in [0, 0.1) is 5.92 Å². The van der Waals surface area contributed by atoms with E-state index < -0.39 is 5.97 Å². The van der Waals surface area contributed by atoms with Gasteiger partial charge in [0.1, 0.15) is 0 Å². The number of aliphatic carboxylic acids is 1. The van der Waals surface area contributed by atoms with Gasteiger partial charge >= 0.3 is 5.97 Å². The number of likely N-dealkylation sites (tertiary alicyclic amines) is 1. The lowest BCUT2D eigenvalue weighted by molar-refractivity contribution is -0.139. The molecule has 5 heteroatoms. The zero-order valence-corrected chi connectivity index (χ0v) is 8.05. The minimum atomic E-state index is -0.815. The van der Waals surface area contributed by atoms with Crippen LogP contribution in [0.3, 0.4) is 0 Å². The maximum absolute atomic E-state index is 11.6. The van der Waals surface area contributed by atoms with Crippen LogP contribution in [0.15, 0.2) is 22.8 Å². The number of nitrogens with zero attached hydrogens (tertiary/aromatic N) is 1. The van der Waals surface area contributed by atoms with Crippen LogP contribution < -0.4 is 0 Å². The van der Waals surface area contributed by atoms with Crippen molar-refractivity contribution in [2.24, 2.45) is 5.92 Å². The molecule has 15 heavy (non-hydrogen) atoms. The normalized spacial score (nSPS) is 16.1. The molecule has 0 atom stereocenters. The van der Waals surface area contributed by atoms with Crippen LogP contribution in [0.1, 0.15) is 17.0 Å². The van der Waals surface area contributed by atoms with Crippen LogP contribution in [0.25, 0.3) is 0 Å². The Balaban J connectivity index is 1.85. The molecular formula is C10H11NO4. The lowest BCUT2D eigenvalue weighted by Gasteiger charge is -2.37. The zero-order valence-electron chi connectivity index (χ0n) is 8.05. The molecule has 2 heterocycles. The molecule has 1 amide bonds. The predicted octanol–water partition coefficient (Wildman–Crippen LogP) is 0.826. The molecule has 0 spiro atoms. The second-order valence-electron chi connectivity index (χ2n) is 3.65. The molecule has 0 aliphatic carbocycles. The first-order chi connectivity index (χ1) is 7.16. The Kier molecular flexibility index (Phi) is 2.45. The van der Waals surface area contributed by atoms with Crippen molar-refractivity contribution in [3.8, 4) is 0 Å². The van der Waals surface area contributed by atoms with Crippen molar-refractivity contribution in [2.75, 3.05) is 13.1 Å². The van der Waals surface area contributed by atoms with Crippen molar-refractivity contribution < 1.29 is 19.1 Å². The minimum absolute atomic E-state index is 0.0846. The molecule has 80 valence electrons. The predicted molar refractivity (Wildman–Crippen MR) is 50.4 cm³/mol. The van der Waals surface area contributed by atoms with Gasteiger partial charge in [-0.05, 0) is 12.1 Å². The van der Waals surface area contributed by atoms with E-state index in [-0.39, 0.29) is 18.2 Å². The fraction of sp³-hybridized carbons (Fsp3) is 0.400. The average Bonchev–Trinajstić information content (AvgIpc) is 2.61. The van der Waals surface area contributed by atoms with Crippen molar-refractivity contribution in [1.82, 2.24) is 4.90 Å². The van der Waals surface area contributed by atoms with Gasteiger partial charge in [0.25, 0.3) is 5.91 Å².